The first kappa shape index (κ1) is 40.9. The van der Waals surface area contributed by atoms with Crippen LogP contribution >= 0.6 is 0 Å². The van der Waals surface area contributed by atoms with Gasteiger partial charge in [0.2, 0.25) is 15.9 Å². The Morgan fingerprint density at radius 3 is 2.28 bits per heavy atom. The first-order valence-electron chi connectivity index (χ1n) is 17.7. The number of aromatic nitrogens is 1. The molecule has 0 radical (unpaired) electrons. The van der Waals surface area contributed by atoms with Crippen molar-refractivity contribution < 1.29 is 33.5 Å². The van der Waals surface area contributed by atoms with Crippen molar-refractivity contribution in [3.63, 3.8) is 0 Å². The Hall–Kier alpha value is -4.86. The standard InChI is InChI=1S/C38H51N7O7S/c1-6-28(4)38(5,45-20-19-43(37(45)48)25-32-14-10-13-31(41-32)23-40-50)36(47)42-34(21-29-11-8-7-9-12-29)35(46)26-44(24-27(2)3)53(51,52)33-17-15-30(16-18-33)22-39-49/h7-18,22-23,27-28,34-35,46,49-50H,6,19-21,24-26H2,1-5H3,(H,42,47)/b39-22+,40-23-/t28-,34-,35+,38-/m0/s1. The van der Waals surface area contributed by atoms with Crippen molar-refractivity contribution in [2.75, 3.05) is 26.2 Å². The van der Waals surface area contributed by atoms with E-state index in [0.717, 1.165) is 5.56 Å². The fourth-order valence-electron chi connectivity index (χ4n) is 6.50. The van der Waals surface area contributed by atoms with Gasteiger partial charge >= 0.3 is 6.03 Å². The van der Waals surface area contributed by atoms with E-state index in [-0.39, 0.29) is 55.4 Å². The van der Waals surface area contributed by atoms with Gasteiger partial charge in [-0.15, -0.1) is 0 Å². The number of nitrogens with zero attached hydrogens (tertiary/aromatic N) is 6. The molecular weight excluding hydrogens is 699 g/mol. The molecule has 2 heterocycles. The Kier molecular flexibility index (Phi) is 14.1. The molecule has 1 aliphatic heterocycles. The minimum Gasteiger partial charge on any atom is -0.411 e. The van der Waals surface area contributed by atoms with Crippen molar-refractivity contribution in [1.82, 2.24) is 24.4 Å². The van der Waals surface area contributed by atoms with Crippen molar-refractivity contribution >= 4 is 34.4 Å². The number of aliphatic hydroxyl groups excluding tert-OH is 1. The number of hydrogen-bond donors (Lipinski definition) is 4. The highest BCUT2D eigenvalue weighted by Crippen LogP contribution is 2.32. The minimum atomic E-state index is -4.09. The predicted octanol–water partition coefficient (Wildman–Crippen LogP) is 4.18. The number of carbonyl (C=O) groups is 2. The van der Waals surface area contributed by atoms with E-state index < -0.39 is 33.6 Å². The summed E-state index contributed by atoms with van der Waals surface area (Å²) in [6.07, 6.45) is 1.84. The van der Waals surface area contributed by atoms with Gasteiger partial charge in [0.15, 0.2) is 0 Å². The average molecular weight is 750 g/mol. The largest absolute Gasteiger partial charge is 0.411 e. The Morgan fingerprint density at radius 1 is 0.981 bits per heavy atom. The van der Waals surface area contributed by atoms with Gasteiger partial charge in [-0.2, -0.15) is 4.31 Å². The zero-order valence-electron chi connectivity index (χ0n) is 30.9. The third-order valence-corrected chi connectivity index (χ3v) is 11.7. The number of carbonyl (C=O) groups excluding carboxylic acids is 2. The molecule has 4 atom stereocenters. The summed E-state index contributed by atoms with van der Waals surface area (Å²) in [4.78, 5) is 36.2. The Morgan fingerprint density at radius 2 is 1.66 bits per heavy atom. The van der Waals surface area contributed by atoms with Gasteiger partial charge in [0.05, 0.1) is 47.4 Å². The van der Waals surface area contributed by atoms with Crippen LogP contribution in [0.3, 0.4) is 0 Å². The van der Waals surface area contributed by atoms with E-state index in [1.807, 2.05) is 58.0 Å². The highest BCUT2D eigenvalue weighted by atomic mass is 32.2. The number of benzene rings is 2. The lowest BCUT2D eigenvalue weighted by Crippen LogP contribution is -2.64. The second-order valence-electron chi connectivity index (χ2n) is 14.0. The van der Waals surface area contributed by atoms with Gasteiger partial charge in [-0.25, -0.2) is 18.2 Å². The van der Waals surface area contributed by atoms with Crippen LogP contribution in [-0.4, -0.2) is 111 Å². The number of rotatable bonds is 18. The second kappa shape index (κ2) is 18.3. The maximum Gasteiger partial charge on any atom is 0.321 e. The molecule has 4 rings (SSSR count). The minimum absolute atomic E-state index is 0.00832. The molecule has 0 aliphatic carbocycles. The lowest BCUT2D eigenvalue weighted by atomic mass is 9.82. The monoisotopic (exact) mass is 749 g/mol. The molecule has 286 valence electrons. The molecule has 0 spiro atoms. The normalized spacial score (nSPS) is 16.8. The fraction of sp³-hybridized carbons (Fsp3) is 0.447. The third-order valence-electron chi connectivity index (χ3n) is 9.82. The molecule has 0 unspecified atom stereocenters. The summed E-state index contributed by atoms with van der Waals surface area (Å²) in [7, 11) is -4.09. The van der Waals surface area contributed by atoms with E-state index in [0.29, 0.717) is 29.9 Å². The van der Waals surface area contributed by atoms with E-state index >= 15 is 0 Å². The number of sulfonamides is 1. The summed E-state index contributed by atoms with van der Waals surface area (Å²) >= 11 is 0. The Labute approximate surface area is 311 Å². The van der Waals surface area contributed by atoms with Crippen LogP contribution in [0.1, 0.15) is 63.6 Å². The number of urea groups is 1. The molecule has 4 N–H and O–H groups in total. The SMILES string of the molecule is CC[C@H](C)[C@@](C)(C(=O)N[C@@H](Cc1ccccc1)[C@H](O)CN(CC(C)C)S(=O)(=O)c1ccc(/C=N/O)cc1)N1CCN(Cc2cccc(/C=N\O)n2)C1=O. The molecular formula is C38H51N7O7S. The first-order chi connectivity index (χ1) is 25.2. The predicted molar refractivity (Wildman–Crippen MR) is 201 cm³/mol. The number of nitrogens with one attached hydrogen (secondary N) is 1. The van der Waals surface area contributed by atoms with E-state index in [4.69, 9.17) is 10.4 Å². The van der Waals surface area contributed by atoms with Crippen LogP contribution in [0.15, 0.2) is 88.0 Å². The molecule has 2 aromatic carbocycles. The second-order valence-corrected chi connectivity index (χ2v) is 15.9. The van der Waals surface area contributed by atoms with Crippen molar-refractivity contribution in [2.45, 2.75) is 76.6 Å². The highest BCUT2D eigenvalue weighted by molar-refractivity contribution is 7.89. The quantitative estimate of drug-likeness (QED) is 0.0847. The molecule has 0 bridgehead atoms. The smallest absolute Gasteiger partial charge is 0.321 e. The van der Waals surface area contributed by atoms with E-state index in [1.54, 1.807) is 34.9 Å². The van der Waals surface area contributed by atoms with Gasteiger partial charge < -0.3 is 30.6 Å². The molecule has 1 saturated heterocycles. The van der Waals surface area contributed by atoms with Gasteiger partial charge in [-0.1, -0.05) is 93.0 Å². The number of oxime groups is 2. The molecule has 3 aromatic rings. The fourth-order valence-corrected chi connectivity index (χ4v) is 8.13. The molecule has 15 heteroatoms. The van der Waals surface area contributed by atoms with Crippen LogP contribution in [0.4, 0.5) is 4.79 Å². The van der Waals surface area contributed by atoms with Gasteiger partial charge in [-0.3, -0.25) is 4.79 Å². The van der Waals surface area contributed by atoms with Crippen LogP contribution < -0.4 is 5.32 Å². The average Bonchev–Trinajstić information content (AvgIpc) is 3.50. The molecule has 0 saturated carbocycles. The van der Waals surface area contributed by atoms with Crippen LogP contribution in [0.5, 0.6) is 0 Å². The molecule has 1 aromatic heterocycles. The Balaban J connectivity index is 1.63. The maximum atomic E-state index is 14.6. The number of amides is 3. The first-order valence-corrected chi connectivity index (χ1v) is 19.2. The third kappa shape index (κ3) is 9.97. The summed E-state index contributed by atoms with van der Waals surface area (Å²) in [5.41, 5.74) is 1.04. The van der Waals surface area contributed by atoms with Crippen LogP contribution in [0, 0.1) is 11.8 Å². The topological polar surface area (TPSA) is 188 Å². The van der Waals surface area contributed by atoms with Gasteiger partial charge in [0, 0.05) is 26.2 Å². The zero-order chi connectivity index (χ0) is 38.8. The number of pyridine rings is 1. The van der Waals surface area contributed by atoms with Crippen LogP contribution in [0.2, 0.25) is 0 Å². The molecule has 1 aliphatic rings. The van der Waals surface area contributed by atoms with Crippen molar-refractivity contribution in [2.24, 2.45) is 22.1 Å². The summed E-state index contributed by atoms with van der Waals surface area (Å²) < 4.78 is 29.1. The molecule has 3 amide bonds. The van der Waals surface area contributed by atoms with E-state index in [9.17, 15) is 23.1 Å². The molecule has 14 nitrogen and oxygen atoms in total. The van der Waals surface area contributed by atoms with Crippen LogP contribution in [0.25, 0.3) is 0 Å². The summed E-state index contributed by atoms with van der Waals surface area (Å²) in [6, 6.07) is 19.1. The van der Waals surface area contributed by atoms with Crippen molar-refractivity contribution in [1.29, 1.82) is 0 Å². The van der Waals surface area contributed by atoms with Gasteiger partial charge in [0.1, 0.15) is 5.54 Å². The zero-order valence-corrected chi connectivity index (χ0v) is 31.7. The molecule has 53 heavy (non-hydrogen) atoms. The maximum absolute atomic E-state index is 14.6. The van der Waals surface area contributed by atoms with Gasteiger partial charge in [-0.05, 0) is 60.6 Å². The summed E-state index contributed by atoms with van der Waals surface area (Å²) in [5.74, 6) is -0.834. The lowest BCUT2D eigenvalue weighted by molar-refractivity contribution is -0.135. The number of aliphatic hydroxyl groups is 1. The van der Waals surface area contributed by atoms with E-state index in [2.05, 4.69) is 20.6 Å². The summed E-state index contributed by atoms with van der Waals surface area (Å²) in [5, 5.41) is 38.8. The van der Waals surface area contributed by atoms with E-state index in [1.165, 1.54) is 41.0 Å². The summed E-state index contributed by atoms with van der Waals surface area (Å²) in [6.45, 7) is 9.97. The molecule has 1 fully saturated rings. The van der Waals surface area contributed by atoms with Crippen molar-refractivity contribution in [3.05, 3.63) is 95.3 Å². The highest BCUT2D eigenvalue weighted by Gasteiger charge is 2.50. The lowest BCUT2D eigenvalue weighted by Gasteiger charge is -2.43. The number of hydrogen-bond acceptors (Lipinski definition) is 10. The van der Waals surface area contributed by atoms with Crippen molar-refractivity contribution in [3.8, 4) is 0 Å². The van der Waals surface area contributed by atoms with Crippen LogP contribution in [-0.2, 0) is 27.8 Å². The Bertz CT molecular complexity index is 1840. The van der Waals surface area contributed by atoms with Gasteiger partial charge in [0.25, 0.3) is 0 Å².